The second-order valence-electron chi connectivity index (χ2n) is 7.94. The molecule has 0 spiro atoms. The maximum atomic E-state index is 13.5. The quantitative estimate of drug-likeness (QED) is 0.450. The van der Waals surface area contributed by atoms with Gasteiger partial charge in [0.1, 0.15) is 30.0 Å². The predicted octanol–water partition coefficient (Wildman–Crippen LogP) is 4.67. The molecule has 4 rings (SSSR count). The van der Waals surface area contributed by atoms with Crippen LogP contribution in [0.3, 0.4) is 0 Å². The second-order valence-corrected chi connectivity index (χ2v) is 7.94. The largest absolute Gasteiger partial charge is 0.488 e. The van der Waals surface area contributed by atoms with Crippen LogP contribution in [0.25, 0.3) is 0 Å². The van der Waals surface area contributed by atoms with Crippen LogP contribution in [0.5, 0.6) is 5.75 Å². The number of nitrogens with one attached hydrogen (secondary N) is 1. The monoisotopic (exact) mass is 444 g/mol. The maximum Gasteiger partial charge on any atom is 0.252 e. The van der Waals surface area contributed by atoms with Crippen molar-refractivity contribution in [3.63, 3.8) is 0 Å². The summed E-state index contributed by atoms with van der Waals surface area (Å²) in [6.45, 7) is 4.23. The van der Waals surface area contributed by atoms with Crippen molar-refractivity contribution in [2.45, 2.75) is 26.5 Å². The minimum Gasteiger partial charge on any atom is -0.488 e. The Bertz CT molecular complexity index is 1230. The first kappa shape index (κ1) is 22.2. The number of rotatable bonds is 7. The lowest BCUT2D eigenvalue weighted by Crippen LogP contribution is -2.31. The molecule has 1 atom stereocenters. The lowest BCUT2D eigenvalue weighted by molar-refractivity contribution is 0.0941. The Kier molecular flexibility index (Phi) is 6.49. The molecule has 1 amide bonds. The van der Waals surface area contributed by atoms with E-state index in [0.717, 1.165) is 28.0 Å². The van der Waals surface area contributed by atoms with Crippen molar-refractivity contribution < 1.29 is 13.9 Å². The number of pyridine rings is 1. The number of nitrogens with zero attached hydrogens (tertiary/aromatic N) is 3. The van der Waals surface area contributed by atoms with Gasteiger partial charge in [0.2, 0.25) is 0 Å². The number of hydrogen-bond donors (Lipinski definition) is 1. The van der Waals surface area contributed by atoms with Crippen LogP contribution < -0.4 is 10.1 Å². The fraction of sp³-hybridized carbons (Fsp3) is 0.192. The zero-order valence-corrected chi connectivity index (χ0v) is 18.7. The third-order valence-electron chi connectivity index (χ3n) is 5.42. The third kappa shape index (κ3) is 5.09. The van der Waals surface area contributed by atoms with Gasteiger partial charge in [-0.1, -0.05) is 18.2 Å². The van der Waals surface area contributed by atoms with Gasteiger partial charge in [-0.15, -0.1) is 0 Å². The van der Waals surface area contributed by atoms with Crippen LogP contribution in [0.1, 0.15) is 44.5 Å². The highest BCUT2D eigenvalue weighted by Crippen LogP contribution is 2.27. The van der Waals surface area contributed by atoms with E-state index in [4.69, 9.17) is 4.74 Å². The Morgan fingerprint density at radius 3 is 2.45 bits per heavy atom. The number of ether oxygens (including phenoxy) is 1. The Morgan fingerprint density at radius 1 is 1.12 bits per heavy atom. The molecule has 1 unspecified atom stereocenters. The molecule has 2 heterocycles. The van der Waals surface area contributed by atoms with Crippen LogP contribution in [0.4, 0.5) is 4.39 Å². The van der Waals surface area contributed by atoms with Crippen molar-refractivity contribution in [1.82, 2.24) is 19.9 Å². The minimum atomic E-state index is -0.528. The molecule has 168 valence electrons. The summed E-state index contributed by atoms with van der Waals surface area (Å²) >= 11 is 0. The maximum absolute atomic E-state index is 13.5. The summed E-state index contributed by atoms with van der Waals surface area (Å²) in [5.74, 6) is 0.809. The molecule has 7 heteroatoms. The molecule has 2 aromatic heterocycles. The summed E-state index contributed by atoms with van der Waals surface area (Å²) in [4.78, 5) is 21.7. The smallest absolute Gasteiger partial charge is 0.252 e. The van der Waals surface area contributed by atoms with Crippen LogP contribution in [0, 0.1) is 19.7 Å². The first-order valence-electron chi connectivity index (χ1n) is 10.6. The standard InChI is InChI=1S/C26H25FN4O2/c1-17-13-21(14-18(2)24(17)33-16-19-5-4-10-28-15-19)26(32)30-23(25-29-11-12-31(25)3)20-6-8-22(27)9-7-20/h4-15,23H,16H2,1-3H3,(H,30,32). The lowest BCUT2D eigenvalue weighted by atomic mass is 10.0. The highest BCUT2D eigenvalue weighted by atomic mass is 19.1. The van der Waals surface area contributed by atoms with Gasteiger partial charge in [0, 0.05) is 43.0 Å². The molecule has 0 aliphatic carbocycles. The topological polar surface area (TPSA) is 69.0 Å². The summed E-state index contributed by atoms with van der Waals surface area (Å²) in [7, 11) is 1.85. The average molecular weight is 445 g/mol. The molecule has 1 N–H and O–H groups in total. The second kappa shape index (κ2) is 9.65. The number of carbonyl (C=O) groups excluding carboxylic acids is 1. The predicted molar refractivity (Wildman–Crippen MR) is 123 cm³/mol. The Morgan fingerprint density at radius 2 is 1.85 bits per heavy atom. The fourth-order valence-electron chi connectivity index (χ4n) is 3.77. The first-order valence-corrected chi connectivity index (χ1v) is 10.6. The van der Waals surface area contributed by atoms with E-state index >= 15 is 0 Å². The molecule has 0 aliphatic rings. The van der Waals surface area contributed by atoms with Gasteiger partial charge in [0.05, 0.1) is 0 Å². The molecule has 0 aliphatic heterocycles. The van der Waals surface area contributed by atoms with Crippen LogP contribution in [-0.2, 0) is 13.7 Å². The SMILES string of the molecule is Cc1cc(C(=O)NC(c2ccc(F)cc2)c2nccn2C)cc(C)c1OCc1cccnc1. The number of hydrogen-bond acceptors (Lipinski definition) is 4. The molecule has 0 saturated carbocycles. The van der Waals surface area contributed by atoms with Gasteiger partial charge in [-0.3, -0.25) is 9.78 Å². The normalized spacial score (nSPS) is 11.8. The van der Waals surface area contributed by atoms with Crippen molar-refractivity contribution in [2.24, 2.45) is 7.05 Å². The van der Waals surface area contributed by atoms with Crippen molar-refractivity contribution in [3.8, 4) is 5.75 Å². The van der Waals surface area contributed by atoms with Crippen molar-refractivity contribution in [3.05, 3.63) is 113 Å². The Labute approximate surface area is 192 Å². The Hall–Kier alpha value is -4.00. The van der Waals surface area contributed by atoms with E-state index in [2.05, 4.69) is 15.3 Å². The molecule has 0 fully saturated rings. The van der Waals surface area contributed by atoms with E-state index in [1.807, 2.05) is 37.6 Å². The number of carbonyl (C=O) groups is 1. The van der Waals surface area contributed by atoms with Crippen LogP contribution in [-0.4, -0.2) is 20.4 Å². The Balaban J connectivity index is 1.57. The van der Waals surface area contributed by atoms with E-state index in [0.29, 0.717) is 18.0 Å². The van der Waals surface area contributed by atoms with Gasteiger partial charge in [0.25, 0.3) is 5.91 Å². The minimum absolute atomic E-state index is 0.252. The van der Waals surface area contributed by atoms with Gasteiger partial charge in [-0.25, -0.2) is 9.37 Å². The molecule has 0 saturated heterocycles. The van der Waals surface area contributed by atoms with E-state index in [1.165, 1.54) is 12.1 Å². The first-order chi connectivity index (χ1) is 15.9. The van der Waals surface area contributed by atoms with Crippen LogP contribution >= 0.6 is 0 Å². The summed E-state index contributed by atoms with van der Waals surface area (Å²) < 4.78 is 21.3. The number of amides is 1. The number of aryl methyl sites for hydroxylation is 3. The number of aromatic nitrogens is 3. The van der Waals surface area contributed by atoms with E-state index in [-0.39, 0.29) is 11.7 Å². The highest BCUT2D eigenvalue weighted by molar-refractivity contribution is 5.95. The van der Waals surface area contributed by atoms with Crippen LogP contribution in [0.2, 0.25) is 0 Å². The molecule has 2 aromatic carbocycles. The van der Waals surface area contributed by atoms with Crippen LogP contribution in [0.15, 0.2) is 73.3 Å². The van der Waals surface area contributed by atoms with E-state index in [9.17, 15) is 9.18 Å². The summed E-state index contributed by atoms with van der Waals surface area (Å²) in [6, 6.07) is 13.0. The summed E-state index contributed by atoms with van der Waals surface area (Å²) in [5, 5.41) is 3.05. The third-order valence-corrected chi connectivity index (χ3v) is 5.42. The van der Waals surface area contributed by atoms with Crippen molar-refractivity contribution in [1.29, 1.82) is 0 Å². The number of halogens is 1. The molecule has 33 heavy (non-hydrogen) atoms. The zero-order chi connectivity index (χ0) is 23.4. The number of benzene rings is 2. The molecule has 6 nitrogen and oxygen atoms in total. The van der Waals surface area contributed by atoms with Gasteiger partial charge < -0.3 is 14.6 Å². The van der Waals surface area contributed by atoms with Gasteiger partial charge >= 0.3 is 0 Å². The van der Waals surface area contributed by atoms with Gasteiger partial charge in [-0.05, 0) is 60.9 Å². The van der Waals surface area contributed by atoms with Crippen molar-refractivity contribution >= 4 is 5.91 Å². The molecule has 0 bridgehead atoms. The van der Waals surface area contributed by atoms with E-state index in [1.54, 1.807) is 49.1 Å². The summed E-state index contributed by atoms with van der Waals surface area (Å²) in [6.07, 6.45) is 6.96. The van der Waals surface area contributed by atoms with Gasteiger partial charge in [0.15, 0.2) is 0 Å². The van der Waals surface area contributed by atoms with Gasteiger partial charge in [-0.2, -0.15) is 0 Å². The number of imidazole rings is 1. The summed E-state index contributed by atoms with van der Waals surface area (Å²) in [5.41, 5.74) is 3.94. The molecular weight excluding hydrogens is 419 g/mol. The highest BCUT2D eigenvalue weighted by Gasteiger charge is 2.22. The molecule has 0 radical (unpaired) electrons. The average Bonchev–Trinajstić information content (AvgIpc) is 3.23. The molecule has 4 aromatic rings. The van der Waals surface area contributed by atoms with E-state index < -0.39 is 6.04 Å². The fourth-order valence-corrected chi connectivity index (χ4v) is 3.77. The van der Waals surface area contributed by atoms with Crippen molar-refractivity contribution in [2.75, 3.05) is 0 Å². The zero-order valence-electron chi connectivity index (χ0n) is 18.7. The lowest BCUT2D eigenvalue weighted by Gasteiger charge is -2.20. The molecular formula is C26H25FN4O2.